The van der Waals surface area contributed by atoms with Crippen LogP contribution in [-0.4, -0.2) is 47.2 Å². The average Bonchev–Trinajstić information content (AvgIpc) is 3.08. The van der Waals surface area contributed by atoms with Crippen molar-refractivity contribution < 1.29 is 9.90 Å². The van der Waals surface area contributed by atoms with Crippen LogP contribution in [0.4, 0.5) is 5.13 Å². The molecule has 2 heterocycles. The number of nitrogens with zero attached hydrogens (tertiary/aromatic N) is 2. The summed E-state index contributed by atoms with van der Waals surface area (Å²) in [6.45, 7) is 1.12. The number of anilines is 1. The van der Waals surface area contributed by atoms with Crippen molar-refractivity contribution in [3.8, 4) is 10.4 Å². The zero-order valence-electron chi connectivity index (χ0n) is 13.5. The van der Waals surface area contributed by atoms with Crippen molar-refractivity contribution >= 4 is 33.1 Å². The molecule has 0 atom stereocenters. The number of nitrogens with one attached hydrogen (secondary N) is 2. The highest BCUT2D eigenvalue weighted by atomic mass is 32.1. The predicted octanol–water partition coefficient (Wildman–Crippen LogP) is 1.45. The number of fused-ring (bicyclic) bond motifs is 1. The van der Waals surface area contributed by atoms with E-state index in [2.05, 4.69) is 20.6 Å². The lowest BCUT2D eigenvalue weighted by molar-refractivity contribution is 0.0941. The lowest BCUT2D eigenvalue weighted by atomic mass is 10.1. The molecule has 1 aromatic carbocycles. The fourth-order valence-electron chi connectivity index (χ4n) is 2.40. The molecular weight excluding hydrogens is 338 g/mol. The summed E-state index contributed by atoms with van der Waals surface area (Å²) in [6, 6.07) is 7.87. The minimum absolute atomic E-state index is 0.119. The zero-order valence-corrected chi connectivity index (χ0v) is 14.3. The van der Waals surface area contributed by atoms with Gasteiger partial charge in [-0.25, -0.2) is 4.98 Å². The van der Waals surface area contributed by atoms with Crippen molar-refractivity contribution in [3.05, 3.63) is 42.4 Å². The largest absolute Gasteiger partial charge is 0.395 e. The van der Waals surface area contributed by atoms with E-state index >= 15 is 0 Å². The van der Waals surface area contributed by atoms with Crippen molar-refractivity contribution in [3.63, 3.8) is 0 Å². The molecule has 0 bridgehead atoms. The summed E-state index contributed by atoms with van der Waals surface area (Å²) in [5.41, 5.74) is 6.77. The van der Waals surface area contributed by atoms with Crippen molar-refractivity contribution in [1.29, 1.82) is 0 Å². The molecule has 0 saturated heterocycles. The van der Waals surface area contributed by atoms with E-state index in [0.29, 0.717) is 23.9 Å². The van der Waals surface area contributed by atoms with Crippen LogP contribution in [0.3, 0.4) is 0 Å². The molecule has 0 unspecified atom stereocenters. The van der Waals surface area contributed by atoms with Crippen LogP contribution in [0, 0.1) is 0 Å². The van der Waals surface area contributed by atoms with Crippen molar-refractivity contribution in [2.75, 3.05) is 31.6 Å². The summed E-state index contributed by atoms with van der Waals surface area (Å²) in [7, 11) is 0. The van der Waals surface area contributed by atoms with E-state index in [-0.39, 0.29) is 19.1 Å². The molecule has 0 saturated carbocycles. The number of benzene rings is 1. The molecule has 130 valence electrons. The topological polar surface area (TPSA) is 113 Å². The minimum atomic E-state index is -0.309. The van der Waals surface area contributed by atoms with Crippen LogP contribution in [0.2, 0.25) is 0 Å². The first-order chi connectivity index (χ1) is 12.2. The molecule has 2 aromatic heterocycles. The van der Waals surface area contributed by atoms with Crippen LogP contribution in [0.15, 0.2) is 36.7 Å². The molecule has 1 amide bonds. The van der Waals surface area contributed by atoms with Gasteiger partial charge < -0.3 is 21.5 Å². The van der Waals surface area contributed by atoms with Gasteiger partial charge in [0.15, 0.2) is 5.13 Å². The molecule has 8 heteroatoms. The highest BCUT2D eigenvalue weighted by Gasteiger charge is 2.19. The van der Waals surface area contributed by atoms with Gasteiger partial charge in [-0.2, -0.15) is 0 Å². The van der Waals surface area contributed by atoms with E-state index in [1.165, 1.54) is 11.3 Å². The number of rotatable bonds is 7. The summed E-state index contributed by atoms with van der Waals surface area (Å²) in [5, 5.41) is 17.4. The van der Waals surface area contributed by atoms with Crippen LogP contribution in [-0.2, 0) is 0 Å². The monoisotopic (exact) mass is 357 g/mol. The second-order valence-electron chi connectivity index (χ2n) is 5.33. The number of thiazole rings is 1. The van der Waals surface area contributed by atoms with Crippen LogP contribution in [0.25, 0.3) is 21.2 Å². The van der Waals surface area contributed by atoms with Gasteiger partial charge in [0.1, 0.15) is 5.69 Å². The van der Waals surface area contributed by atoms with Crippen LogP contribution in [0.1, 0.15) is 10.5 Å². The normalized spacial score (nSPS) is 10.8. The number of carbonyl (C=O) groups is 1. The molecule has 3 rings (SSSR count). The Morgan fingerprint density at radius 3 is 2.92 bits per heavy atom. The Morgan fingerprint density at radius 2 is 2.12 bits per heavy atom. The molecule has 3 aromatic rings. The first-order valence-electron chi connectivity index (χ1n) is 7.91. The van der Waals surface area contributed by atoms with Gasteiger partial charge in [-0.05, 0) is 23.1 Å². The standard InChI is InChI=1S/C17H19N5O2S/c18-4-6-21-17-22-14(16(24)20-7-8-23)15(25-17)12-1-2-13-10-19-5-3-11(13)9-12/h1-3,5,9-10,23H,4,6-8,18H2,(H,20,24)(H,21,22). The second-order valence-corrected chi connectivity index (χ2v) is 6.33. The second kappa shape index (κ2) is 8.02. The van der Waals surface area contributed by atoms with E-state index < -0.39 is 0 Å². The number of nitrogens with two attached hydrogens (primary N) is 1. The van der Waals surface area contributed by atoms with E-state index in [9.17, 15) is 4.79 Å². The van der Waals surface area contributed by atoms with Gasteiger partial charge in [0.2, 0.25) is 0 Å². The Kier molecular flexibility index (Phi) is 5.54. The lowest BCUT2D eigenvalue weighted by Gasteiger charge is -2.05. The smallest absolute Gasteiger partial charge is 0.271 e. The molecule has 0 aliphatic carbocycles. The zero-order chi connectivity index (χ0) is 17.6. The number of aliphatic hydroxyl groups excluding tert-OH is 1. The van der Waals surface area contributed by atoms with Gasteiger partial charge in [0, 0.05) is 37.4 Å². The number of aliphatic hydroxyl groups is 1. The van der Waals surface area contributed by atoms with Crippen LogP contribution >= 0.6 is 11.3 Å². The van der Waals surface area contributed by atoms with Gasteiger partial charge in [-0.1, -0.05) is 23.5 Å². The Morgan fingerprint density at radius 1 is 1.24 bits per heavy atom. The van der Waals surface area contributed by atoms with Crippen molar-refractivity contribution in [2.24, 2.45) is 5.73 Å². The SMILES string of the molecule is NCCNc1nc(C(=O)NCCO)c(-c2ccc3cnccc3c2)s1. The summed E-state index contributed by atoms with van der Waals surface area (Å²) in [6.07, 6.45) is 3.54. The third-order valence-electron chi connectivity index (χ3n) is 3.56. The number of hydrogen-bond donors (Lipinski definition) is 4. The number of hydrogen-bond acceptors (Lipinski definition) is 7. The lowest BCUT2D eigenvalue weighted by Crippen LogP contribution is -2.27. The fraction of sp³-hybridized carbons (Fsp3) is 0.235. The molecule has 0 aliphatic rings. The van der Waals surface area contributed by atoms with E-state index in [1.807, 2.05) is 24.3 Å². The van der Waals surface area contributed by atoms with Crippen molar-refractivity contribution in [1.82, 2.24) is 15.3 Å². The molecule has 0 fully saturated rings. The van der Waals surface area contributed by atoms with Crippen LogP contribution in [0.5, 0.6) is 0 Å². The molecule has 0 spiro atoms. The third-order valence-corrected chi connectivity index (χ3v) is 4.63. The molecule has 0 aliphatic heterocycles. The highest BCUT2D eigenvalue weighted by molar-refractivity contribution is 7.19. The number of pyridine rings is 1. The Hall–Kier alpha value is -2.55. The van der Waals surface area contributed by atoms with Gasteiger partial charge in [-0.15, -0.1) is 0 Å². The average molecular weight is 357 g/mol. The number of carbonyl (C=O) groups excluding carboxylic acids is 1. The van der Waals surface area contributed by atoms with Gasteiger partial charge in [0.25, 0.3) is 5.91 Å². The molecule has 5 N–H and O–H groups in total. The van der Waals surface area contributed by atoms with Crippen LogP contribution < -0.4 is 16.4 Å². The quantitative estimate of drug-likeness (QED) is 0.509. The maximum absolute atomic E-state index is 12.4. The molecule has 0 radical (unpaired) electrons. The molecule has 7 nitrogen and oxygen atoms in total. The summed E-state index contributed by atoms with van der Waals surface area (Å²) in [4.78, 5) is 21.7. The Bertz CT molecular complexity index is 880. The fourth-order valence-corrected chi connectivity index (χ4v) is 3.39. The first-order valence-corrected chi connectivity index (χ1v) is 8.72. The highest BCUT2D eigenvalue weighted by Crippen LogP contribution is 2.34. The summed E-state index contributed by atoms with van der Waals surface area (Å²) >= 11 is 1.41. The third kappa shape index (κ3) is 3.93. The van der Waals surface area contributed by atoms with Crippen molar-refractivity contribution in [2.45, 2.75) is 0 Å². The summed E-state index contributed by atoms with van der Waals surface area (Å²) in [5.74, 6) is -0.309. The summed E-state index contributed by atoms with van der Waals surface area (Å²) < 4.78 is 0. The predicted molar refractivity (Wildman–Crippen MR) is 99.8 cm³/mol. The Balaban J connectivity index is 2.01. The maximum atomic E-state index is 12.4. The molecular formula is C17H19N5O2S. The minimum Gasteiger partial charge on any atom is -0.395 e. The number of amides is 1. The van der Waals surface area contributed by atoms with E-state index in [1.54, 1.807) is 12.4 Å². The van der Waals surface area contributed by atoms with E-state index in [0.717, 1.165) is 21.2 Å². The molecule has 25 heavy (non-hydrogen) atoms. The Labute approximate surface area is 148 Å². The van der Waals surface area contributed by atoms with E-state index in [4.69, 9.17) is 10.8 Å². The number of aromatic nitrogens is 2. The van der Waals surface area contributed by atoms with Gasteiger partial charge in [-0.3, -0.25) is 9.78 Å². The maximum Gasteiger partial charge on any atom is 0.271 e. The van der Waals surface area contributed by atoms with Gasteiger partial charge in [0.05, 0.1) is 11.5 Å². The first kappa shape index (κ1) is 17.3. The van der Waals surface area contributed by atoms with Gasteiger partial charge >= 0.3 is 0 Å².